The number of nitrogens with two attached hydrogens (primary N) is 1. The van der Waals surface area contributed by atoms with Gasteiger partial charge in [0.15, 0.2) is 0 Å². The summed E-state index contributed by atoms with van der Waals surface area (Å²) in [5, 5.41) is 13.8. The summed E-state index contributed by atoms with van der Waals surface area (Å²) in [6, 6.07) is 0.161. The predicted molar refractivity (Wildman–Crippen MR) is 55.0 cm³/mol. The molecular weight excluding hydrogens is 194 g/mol. The van der Waals surface area contributed by atoms with Crippen LogP contribution in [0.3, 0.4) is 0 Å². The van der Waals surface area contributed by atoms with Gasteiger partial charge < -0.3 is 15.4 Å². The topological polar surface area (TPSA) is 75.5 Å². The zero-order valence-electron chi connectivity index (χ0n) is 8.89. The SMILES string of the molecule is Cc1oncc1C(O)N1CCCC(N)C1. The Labute approximate surface area is 88.8 Å². The number of rotatable bonds is 2. The molecule has 0 amide bonds. The predicted octanol–water partition coefficient (Wildman–Crippen LogP) is 0.397. The van der Waals surface area contributed by atoms with E-state index in [1.165, 1.54) is 0 Å². The van der Waals surface area contributed by atoms with E-state index in [4.69, 9.17) is 10.3 Å². The highest BCUT2D eigenvalue weighted by Crippen LogP contribution is 2.23. The van der Waals surface area contributed by atoms with E-state index in [0.717, 1.165) is 31.5 Å². The van der Waals surface area contributed by atoms with Crippen molar-refractivity contribution in [3.63, 3.8) is 0 Å². The monoisotopic (exact) mass is 211 g/mol. The van der Waals surface area contributed by atoms with Crippen LogP contribution < -0.4 is 5.73 Å². The summed E-state index contributed by atoms with van der Waals surface area (Å²) in [4.78, 5) is 1.97. The van der Waals surface area contributed by atoms with E-state index < -0.39 is 6.23 Å². The van der Waals surface area contributed by atoms with Crippen LogP contribution in [0.4, 0.5) is 0 Å². The number of hydrogen-bond acceptors (Lipinski definition) is 5. The average Bonchev–Trinajstić information content (AvgIpc) is 2.63. The molecule has 15 heavy (non-hydrogen) atoms. The fraction of sp³-hybridized carbons (Fsp3) is 0.700. The molecule has 2 rings (SSSR count). The van der Waals surface area contributed by atoms with E-state index in [2.05, 4.69) is 5.16 Å². The smallest absolute Gasteiger partial charge is 0.140 e. The largest absolute Gasteiger partial charge is 0.374 e. The minimum absolute atomic E-state index is 0.161. The maximum absolute atomic E-state index is 10.1. The van der Waals surface area contributed by atoms with Crippen LogP contribution in [0.5, 0.6) is 0 Å². The summed E-state index contributed by atoms with van der Waals surface area (Å²) in [6.07, 6.45) is 3.00. The minimum Gasteiger partial charge on any atom is -0.374 e. The van der Waals surface area contributed by atoms with Crippen molar-refractivity contribution in [2.75, 3.05) is 13.1 Å². The van der Waals surface area contributed by atoms with Gasteiger partial charge in [-0.05, 0) is 19.8 Å². The lowest BCUT2D eigenvalue weighted by Crippen LogP contribution is -2.44. The van der Waals surface area contributed by atoms with Gasteiger partial charge in [-0.3, -0.25) is 4.90 Å². The van der Waals surface area contributed by atoms with Gasteiger partial charge in [0.25, 0.3) is 0 Å². The van der Waals surface area contributed by atoms with E-state index in [1.807, 2.05) is 4.90 Å². The fourth-order valence-corrected chi connectivity index (χ4v) is 2.01. The minimum atomic E-state index is -0.636. The van der Waals surface area contributed by atoms with E-state index in [9.17, 15) is 5.11 Å². The van der Waals surface area contributed by atoms with Gasteiger partial charge in [-0.15, -0.1) is 0 Å². The molecule has 2 atom stereocenters. The first-order valence-corrected chi connectivity index (χ1v) is 5.27. The Balaban J connectivity index is 2.07. The quantitative estimate of drug-likeness (QED) is 0.740. The molecule has 5 heteroatoms. The molecule has 1 aliphatic rings. The van der Waals surface area contributed by atoms with Gasteiger partial charge in [-0.25, -0.2) is 0 Å². The molecule has 5 nitrogen and oxygen atoms in total. The zero-order chi connectivity index (χ0) is 10.8. The lowest BCUT2D eigenvalue weighted by atomic mass is 10.1. The summed E-state index contributed by atoms with van der Waals surface area (Å²) >= 11 is 0. The van der Waals surface area contributed by atoms with Crippen molar-refractivity contribution in [1.29, 1.82) is 0 Å². The normalized spacial score (nSPS) is 25.4. The molecule has 1 fully saturated rings. The summed E-state index contributed by atoms with van der Waals surface area (Å²) in [7, 11) is 0. The van der Waals surface area contributed by atoms with Crippen molar-refractivity contribution in [1.82, 2.24) is 10.1 Å². The van der Waals surface area contributed by atoms with Crippen LogP contribution >= 0.6 is 0 Å². The van der Waals surface area contributed by atoms with Gasteiger partial charge in [0.1, 0.15) is 12.0 Å². The molecule has 2 unspecified atom stereocenters. The lowest BCUT2D eigenvalue weighted by molar-refractivity contribution is -0.0152. The summed E-state index contributed by atoms with van der Waals surface area (Å²) in [6.45, 7) is 3.40. The van der Waals surface area contributed by atoms with Crippen LogP contribution in [0.15, 0.2) is 10.7 Å². The maximum Gasteiger partial charge on any atom is 0.140 e. The van der Waals surface area contributed by atoms with Crippen LogP contribution in [-0.2, 0) is 0 Å². The van der Waals surface area contributed by atoms with E-state index in [1.54, 1.807) is 13.1 Å². The number of likely N-dealkylation sites (tertiary alicyclic amines) is 1. The van der Waals surface area contributed by atoms with Crippen molar-refractivity contribution in [2.45, 2.75) is 32.0 Å². The molecule has 3 N–H and O–H groups in total. The van der Waals surface area contributed by atoms with Crippen LogP contribution in [0, 0.1) is 6.92 Å². The van der Waals surface area contributed by atoms with Gasteiger partial charge in [0.2, 0.25) is 0 Å². The molecule has 0 aromatic carbocycles. The third-order valence-corrected chi connectivity index (χ3v) is 2.90. The Morgan fingerprint density at radius 1 is 1.73 bits per heavy atom. The molecule has 1 aromatic heterocycles. The van der Waals surface area contributed by atoms with Crippen LogP contribution in [0.2, 0.25) is 0 Å². The van der Waals surface area contributed by atoms with Crippen molar-refractivity contribution in [2.24, 2.45) is 5.73 Å². The number of aryl methyl sites for hydroxylation is 1. The van der Waals surface area contributed by atoms with Crippen LogP contribution in [-0.4, -0.2) is 34.3 Å². The molecule has 2 heterocycles. The molecule has 1 saturated heterocycles. The first kappa shape index (κ1) is 10.6. The number of piperidine rings is 1. The highest BCUT2D eigenvalue weighted by molar-refractivity contribution is 5.14. The Morgan fingerprint density at radius 3 is 3.13 bits per heavy atom. The number of aliphatic hydroxyl groups excluding tert-OH is 1. The third kappa shape index (κ3) is 2.19. The van der Waals surface area contributed by atoms with Gasteiger partial charge >= 0.3 is 0 Å². The Kier molecular flexibility index (Phi) is 3.04. The molecule has 0 aliphatic carbocycles. The summed E-state index contributed by atoms with van der Waals surface area (Å²) < 4.78 is 4.94. The van der Waals surface area contributed by atoms with Crippen LogP contribution in [0.1, 0.15) is 30.4 Å². The summed E-state index contributed by atoms with van der Waals surface area (Å²) in [5.74, 6) is 0.668. The first-order chi connectivity index (χ1) is 7.18. The van der Waals surface area contributed by atoms with E-state index in [0.29, 0.717) is 5.76 Å². The Morgan fingerprint density at radius 2 is 2.53 bits per heavy atom. The molecule has 0 radical (unpaired) electrons. The molecule has 1 aromatic rings. The second-order valence-corrected chi connectivity index (χ2v) is 4.11. The lowest BCUT2D eigenvalue weighted by Gasteiger charge is -2.33. The molecule has 0 bridgehead atoms. The Bertz CT molecular complexity index is 326. The van der Waals surface area contributed by atoms with E-state index in [-0.39, 0.29) is 6.04 Å². The molecule has 1 aliphatic heterocycles. The van der Waals surface area contributed by atoms with E-state index >= 15 is 0 Å². The highest BCUT2D eigenvalue weighted by atomic mass is 16.5. The number of aromatic nitrogens is 1. The number of hydrogen-bond donors (Lipinski definition) is 2. The molecular formula is C10H17N3O2. The number of aliphatic hydroxyl groups is 1. The zero-order valence-corrected chi connectivity index (χ0v) is 8.89. The number of nitrogens with zero attached hydrogens (tertiary/aromatic N) is 2. The maximum atomic E-state index is 10.1. The molecule has 0 saturated carbocycles. The van der Waals surface area contributed by atoms with Crippen molar-refractivity contribution in [3.05, 3.63) is 17.5 Å². The van der Waals surface area contributed by atoms with Crippen LogP contribution in [0.25, 0.3) is 0 Å². The average molecular weight is 211 g/mol. The second-order valence-electron chi connectivity index (χ2n) is 4.11. The Hall–Kier alpha value is -0.910. The van der Waals surface area contributed by atoms with Gasteiger partial charge in [-0.2, -0.15) is 0 Å². The first-order valence-electron chi connectivity index (χ1n) is 5.27. The standard InChI is InChI=1S/C10H17N3O2/c1-7-9(5-12-15-7)10(14)13-4-2-3-8(11)6-13/h5,8,10,14H,2-4,6,11H2,1H3. The van der Waals surface area contributed by atoms with Crippen molar-refractivity contribution >= 4 is 0 Å². The van der Waals surface area contributed by atoms with Crippen molar-refractivity contribution in [3.8, 4) is 0 Å². The van der Waals surface area contributed by atoms with Gasteiger partial charge in [-0.1, -0.05) is 5.16 Å². The van der Waals surface area contributed by atoms with Crippen molar-refractivity contribution < 1.29 is 9.63 Å². The van der Waals surface area contributed by atoms with Gasteiger partial charge in [0, 0.05) is 19.1 Å². The second kappa shape index (κ2) is 4.30. The van der Waals surface area contributed by atoms with Gasteiger partial charge in [0.05, 0.1) is 11.8 Å². The molecule has 84 valence electrons. The third-order valence-electron chi connectivity index (χ3n) is 2.90. The molecule has 0 spiro atoms. The highest BCUT2D eigenvalue weighted by Gasteiger charge is 2.25. The fourth-order valence-electron chi connectivity index (χ4n) is 2.01. The summed E-state index contributed by atoms with van der Waals surface area (Å²) in [5.41, 5.74) is 6.60.